The highest BCUT2D eigenvalue weighted by Gasteiger charge is 2.28. The molecular formula is C13H18N2O. The van der Waals surface area contributed by atoms with Crippen LogP contribution in [0.25, 0.3) is 0 Å². The summed E-state index contributed by atoms with van der Waals surface area (Å²) in [6, 6.07) is 2.14. The number of amides is 1. The van der Waals surface area contributed by atoms with E-state index in [2.05, 4.69) is 17.6 Å². The molecule has 1 aromatic heterocycles. The fourth-order valence-corrected chi connectivity index (χ4v) is 2.98. The summed E-state index contributed by atoms with van der Waals surface area (Å²) in [4.78, 5) is 14.1. The van der Waals surface area contributed by atoms with Gasteiger partial charge < -0.3 is 9.47 Å². The van der Waals surface area contributed by atoms with Crippen molar-refractivity contribution in [3.63, 3.8) is 0 Å². The van der Waals surface area contributed by atoms with Crippen molar-refractivity contribution in [2.75, 3.05) is 13.1 Å². The van der Waals surface area contributed by atoms with Crippen molar-refractivity contribution in [3.05, 3.63) is 23.0 Å². The fraction of sp³-hybridized carbons (Fsp3) is 0.615. The zero-order valence-corrected chi connectivity index (χ0v) is 9.83. The van der Waals surface area contributed by atoms with Crippen LogP contribution in [-0.2, 0) is 19.4 Å². The van der Waals surface area contributed by atoms with E-state index in [1.54, 1.807) is 0 Å². The number of nitrogens with zero attached hydrogens (tertiary/aromatic N) is 2. The molecule has 0 radical (unpaired) electrons. The highest BCUT2D eigenvalue weighted by Crippen LogP contribution is 2.27. The molecule has 0 spiro atoms. The van der Waals surface area contributed by atoms with Crippen LogP contribution < -0.4 is 0 Å². The van der Waals surface area contributed by atoms with Crippen molar-refractivity contribution in [1.29, 1.82) is 0 Å². The van der Waals surface area contributed by atoms with Crippen LogP contribution in [0.5, 0.6) is 0 Å². The standard InChI is InChI=1S/C13H18N2O/c1-2-14-7-8-15-11-6-4-3-5-10(11)9-12(15)13(14)16/h9H,2-8H2,1H3. The van der Waals surface area contributed by atoms with Gasteiger partial charge in [-0.1, -0.05) is 0 Å². The van der Waals surface area contributed by atoms with Gasteiger partial charge in [-0.3, -0.25) is 4.79 Å². The molecule has 0 saturated carbocycles. The molecule has 1 amide bonds. The van der Waals surface area contributed by atoms with E-state index in [1.165, 1.54) is 24.1 Å². The van der Waals surface area contributed by atoms with Crippen molar-refractivity contribution >= 4 is 5.91 Å². The largest absolute Gasteiger partial charge is 0.339 e. The molecule has 0 unspecified atom stereocenters. The summed E-state index contributed by atoms with van der Waals surface area (Å²) in [5, 5.41) is 0. The van der Waals surface area contributed by atoms with Gasteiger partial charge in [-0.15, -0.1) is 0 Å². The molecule has 0 aromatic carbocycles. The second kappa shape index (κ2) is 3.65. The van der Waals surface area contributed by atoms with E-state index in [0.29, 0.717) is 0 Å². The molecule has 2 heterocycles. The van der Waals surface area contributed by atoms with E-state index in [9.17, 15) is 4.79 Å². The lowest BCUT2D eigenvalue weighted by molar-refractivity contribution is 0.0713. The summed E-state index contributed by atoms with van der Waals surface area (Å²) >= 11 is 0. The summed E-state index contributed by atoms with van der Waals surface area (Å²) in [7, 11) is 0. The predicted octanol–water partition coefficient (Wildman–Crippen LogP) is 1.84. The highest BCUT2D eigenvalue weighted by atomic mass is 16.2. The summed E-state index contributed by atoms with van der Waals surface area (Å²) in [6.45, 7) is 4.75. The van der Waals surface area contributed by atoms with E-state index in [-0.39, 0.29) is 5.91 Å². The van der Waals surface area contributed by atoms with Gasteiger partial charge in [-0.05, 0) is 44.2 Å². The number of aryl methyl sites for hydroxylation is 1. The molecule has 0 fully saturated rings. The average Bonchev–Trinajstić information content (AvgIpc) is 2.69. The Morgan fingerprint density at radius 2 is 2.06 bits per heavy atom. The number of hydrogen-bond donors (Lipinski definition) is 0. The van der Waals surface area contributed by atoms with Gasteiger partial charge in [0.25, 0.3) is 5.91 Å². The van der Waals surface area contributed by atoms with Crippen LogP contribution in [0.2, 0.25) is 0 Å². The Kier molecular flexibility index (Phi) is 2.27. The minimum atomic E-state index is 0.225. The Morgan fingerprint density at radius 3 is 2.88 bits per heavy atom. The summed E-state index contributed by atoms with van der Waals surface area (Å²) in [6.07, 6.45) is 4.88. The van der Waals surface area contributed by atoms with Crippen LogP contribution in [0.15, 0.2) is 6.07 Å². The van der Waals surface area contributed by atoms with Gasteiger partial charge in [-0.25, -0.2) is 0 Å². The maximum Gasteiger partial charge on any atom is 0.270 e. The quantitative estimate of drug-likeness (QED) is 0.706. The predicted molar refractivity (Wildman–Crippen MR) is 62.7 cm³/mol. The molecule has 1 aromatic rings. The van der Waals surface area contributed by atoms with E-state index < -0.39 is 0 Å². The van der Waals surface area contributed by atoms with E-state index >= 15 is 0 Å². The van der Waals surface area contributed by atoms with Crippen LogP contribution in [-0.4, -0.2) is 28.5 Å². The molecule has 16 heavy (non-hydrogen) atoms. The van der Waals surface area contributed by atoms with Crippen molar-refractivity contribution in [3.8, 4) is 0 Å². The third kappa shape index (κ3) is 1.30. The molecule has 0 bridgehead atoms. The molecule has 2 aliphatic rings. The number of rotatable bonds is 1. The molecule has 3 heteroatoms. The Hall–Kier alpha value is -1.25. The van der Waals surface area contributed by atoms with Crippen LogP contribution in [0.1, 0.15) is 41.5 Å². The highest BCUT2D eigenvalue weighted by molar-refractivity contribution is 5.94. The first kappa shape index (κ1) is 9.94. The molecule has 1 aliphatic heterocycles. The molecule has 0 atom stereocenters. The average molecular weight is 218 g/mol. The number of carbonyl (C=O) groups is 1. The SMILES string of the molecule is CCN1CCn2c(cc3c2CCCC3)C1=O. The molecule has 86 valence electrons. The first-order valence-corrected chi connectivity index (χ1v) is 6.32. The van der Waals surface area contributed by atoms with Gasteiger partial charge in [0.05, 0.1) is 0 Å². The smallest absolute Gasteiger partial charge is 0.270 e. The Labute approximate surface area is 96.0 Å². The van der Waals surface area contributed by atoms with Crippen LogP contribution in [0, 0.1) is 0 Å². The molecule has 0 N–H and O–H groups in total. The lowest BCUT2D eigenvalue weighted by Gasteiger charge is -2.28. The summed E-state index contributed by atoms with van der Waals surface area (Å²) in [5.41, 5.74) is 3.79. The first-order valence-electron chi connectivity index (χ1n) is 6.32. The number of hydrogen-bond acceptors (Lipinski definition) is 1. The molecule has 1 aliphatic carbocycles. The van der Waals surface area contributed by atoms with Crippen molar-refractivity contribution in [2.45, 2.75) is 39.2 Å². The zero-order valence-electron chi connectivity index (χ0n) is 9.83. The van der Waals surface area contributed by atoms with Crippen molar-refractivity contribution < 1.29 is 4.79 Å². The van der Waals surface area contributed by atoms with Crippen LogP contribution in [0.3, 0.4) is 0 Å². The minimum absolute atomic E-state index is 0.225. The molecular weight excluding hydrogens is 200 g/mol. The van der Waals surface area contributed by atoms with Crippen molar-refractivity contribution in [1.82, 2.24) is 9.47 Å². The maximum atomic E-state index is 12.2. The number of aromatic nitrogens is 1. The number of likely N-dealkylation sites (N-methyl/N-ethyl adjacent to an activating group) is 1. The fourth-order valence-electron chi connectivity index (χ4n) is 2.98. The van der Waals surface area contributed by atoms with Gasteiger partial charge >= 0.3 is 0 Å². The molecule has 0 saturated heterocycles. The first-order chi connectivity index (χ1) is 7.81. The van der Waals surface area contributed by atoms with Crippen molar-refractivity contribution in [2.24, 2.45) is 0 Å². The second-order valence-electron chi connectivity index (χ2n) is 4.75. The number of carbonyl (C=O) groups excluding carboxylic acids is 1. The van der Waals surface area contributed by atoms with Crippen LogP contribution >= 0.6 is 0 Å². The van der Waals surface area contributed by atoms with E-state index in [4.69, 9.17) is 0 Å². The molecule has 3 nitrogen and oxygen atoms in total. The molecule has 3 rings (SSSR count). The van der Waals surface area contributed by atoms with Crippen LogP contribution in [0.4, 0.5) is 0 Å². The normalized spacial score (nSPS) is 19.6. The second-order valence-corrected chi connectivity index (χ2v) is 4.75. The minimum Gasteiger partial charge on any atom is -0.339 e. The van der Waals surface area contributed by atoms with Gasteiger partial charge in [0.2, 0.25) is 0 Å². The van der Waals surface area contributed by atoms with Gasteiger partial charge in [0.15, 0.2) is 0 Å². The monoisotopic (exact) mass is 218 g/mol. The van der Waals surface area contributed by atoms with E-state index in [1.807, 2.05) is 4.90 Å². The van der Waals surface area contributed by atoms with Gasteiger partial charge in [0, 0.05) is 25.3 Å². The zero-order chi connectivity index (χ0) is 11.1. The lowest BCUT2D eigenvalue weighted by atomic mass is 9.98. The van der Waals surface area contributed by atoms with E-state index in [0.717, 1.165) is 38.2 Å². The van der Waals surface area contributed by atoms with Gasteiger partial charge in [0.1, 0.15) is 5.69 Å². The Balaban J connectivity index is 2.05. The summed E-state index contributed by atoms with van der Waals surface area (Å²) in [5.74, 6) is 0.225. The summed E-state index contributed by atoms with van der Waals surface area (Å²) < 4.78 is 2.27. The maximum absolute atomic E-state index is 12.2. The lowest BCUT2D eigenvalue weighted by Crippen LogP contribution is -2.40. The number of fused-ring (bicyclic) bond motifs is 3. The third-order valence-electron chi connectivity index (χ3n) is 3.89. The topological polar surface area (TPSA) is 25.2 Å². The Bertz CT molecular complexity index is 433. The Morgan fingerprint density at radius 1 is 1.25 bits per heavy atom. The van der Waals surface area contributed by atoms with Gasteiger partial charge in [-0.2, -0.15) is 0 Å². The third-order valence-corrected chi connectivity index (χ3v) is 3.89.